The minimum absolute atomic E-state index is 0.0292. The lowest BCUT2D eigenvalue weighted by Gasteiger charge is -2.12. The molecule has 0 radical (unpaired) electrons. The zero-order chi connectivity index (χ0) is 16.1. The van der Waals surface area contributed by atoms with Gasteiger partial charge in [0.2, 0.25) is 0 Å². The summed E-state index contributed by atoms with van der Waals surface area (Å²) in [6, 6.07) is 13.1. The fourth-order valence-electron chi connectivity index (χ4n) is 2.04. The highest BCUT2D eigenvalue weighted by atomic mass is 35.5. The van der Waals surface area contributed by atoms with E-state index in [9.17, 15) is 4.79 Å². The van der Waals surface area contributed by atoms with Gasteiger partial charge in [0.25, 0.3) is 0 Å². The highest BCUT2D eigenvalue weighted by molar-refractivity contribution is 6.33. The van der Waals surface area contributed by atoms with Crippen molar-refractivity contribution in [2.75, 3.05) is 27.2 Å². The molecule has 0 saturated heterocycles. The molecule has 3 nitrogen and oxygen atoms in total. The molecule has 0 spiro atoms. The van der Waals surface area contributed by atoms with Gasteiger partial charge in [-0.15, -0.1) is 0 Å². The van der Waals surface area contributed by atoms with Gasteiger partial charge in [0, 0.05) is 22.7 Å². The highest BCUT2D eigenvalue weighted by Crippen LogP contribution is 2.30. The summed E-state index contributed by atoms with van der Waals surface area (Å²) in [6.07, 6.45) is 0. The second-order valence-electron chi connectivity index (χ2n) is 5.43. The Morgan fingerprint density at radius 2 is 1.82 bits per heavy atom. The molecule has 116 valence electrons. The van der Waals surface area contributed by atoms with E-state index >= 15 is 0 Å². The smallest absolute Gasteiger partial charge is 0.159 e. The van der Waals surface area contributed by atoms with Gasteiger partial charge in [-0.1, -0.05) is 23.7 Å². The minimum Gasteiger partial charge on any atom is -0.492 e. The number of hydrogen-bond donors (Lipinski definition) is 0. The summed E-state index contributed by atoms with van der Waals surface area (Å²) >= 11 is 6.25. The summed E-state index contributed by atoms with van der Waals surface area (Å²) in [5.41, 5.74) is 2.48. The third-order valence-corrected chi connectivity index (χ3v) is 3.68. The molecular formula is C18H20ClNO2. The molecule has 2 aromatic rings. The van der Waals surface area contributed by atoms with Crippen molar-refractivity contribution in [2.24, 2.45) is 0 Å². The van der Waals surface area contributed by atoms with E-state index in [-0.39, 0.29) is 5.78 Å². The predicted molar refractivity (Wildman–Crippen MR) is 90.9 cm³/mol. The predicted octanol–water partition coefficient (Wildman–Crippen LogP) is 4.15. The van der Waals surface area contributed by atoms with Crippen LogP contribution in [0.2, 0.25) is 5.02 Å². The summed E-state index contributed by atoms with van der Waals surface area (Å²) < 4.78 is 5.67. The van der Waals surface area contributed by atoms with Crippen molar-refractivity contribution in [2.45, 2.75) is 6.92 Å². The van der Waals surface area contributed by atoms with Crippen molar-refractivity contribution in [3.05, 3.63) is 53.1 Å². The van der Waals surface area contributed by atoms with Gasteiger partial charge in [-0.25, -0.2) is 0 Å². The molecule has 0 heterocycles. The van der Waals surface area contributed by atoms with Crippen LogP contribution < -0.4 is 4.74 Å². The number of hydrogen-bond acceptors (Lipinski definition) is 3. The highest BCUT2D eigenvalue weighted by Gasteiger charge is 2.08. The van der Waals surface area contributed by atoms with Crippen LogP contribution in [0.3, 0.4) is 0 Å². The normalized spacial score (nSPS) is 10.8. The molecule has 0 aromatic heterocycles. The van der Waals surface area contributed by atoms with Crippen LogP contribution >= 0.6 is 11.6 Å². The lowest BCUT2D eigenvalue weighted by Crippen LogP contribution is -2.19. The van der Waals surface area contributed by atoms with Gasteiger partial charge < -0.3 is 9.64 Å². The first kappa shape index (κ1) is 16.5. The lowest BCUT2D eigenvalue weighted by molar-refractivity contribution is 0.101. The quantitative estimate of drug-likeness (QED) is 0.750. The topological polar surface area (TPSA) is 29.5 Å². The van der Waals surface area contributed by atoms with E-state index in [4.69, 9.17) is 16.3 Å². The first-order chi connectivity index (χ1) is 10.5. The Kier molecular flexibility index (Phi) is 5.58. The first-order valence-electron chi connectivity index (χ1n) is 7.16. The number of ether oxygens (including phenoxy) is 1. The molecule has 0 aliphatic carbocycles. The number of Topliss-reactive ketones (excluding diaryl/α,β-unsaturated/α-hetero) is 1. The Morgan fingerprint density at radius 1 is 1.14 bits per heavy atom. The molecule has 2 aromatic carbocycles. The van der Waals surface area contributed by atoms with Crippen molar-refractivity contribution in [1.82, 2.24) is 4.90 Å². The van der Waals surface area contributed by atoms with Gasteiger partial charge in [0.15, 0.2) is 5.78 Å². The third kappa shape index (κ3) is 4.33. The molecule has 0 N–H and O–H groups in total. The molecule has 4 heteroatoms. The Labute approximate surface area is 136 Å². The third-order valence-electron chi connectivity index (χ3n) is 3.35. The van der Waals surface area contributed by atoms with E-state index in [2.05, 4.69) is 4.90 Å². The standard InChI is InChI=1S/C18H20ClNO2/c1-13(21)15-6-9-18(19)17(12-15)14-4-7-16(8-5-14)22-11-10-20(2)3/h4-9,12H,10-11H2,1-3H3. The second-order valence-corrected chi connectivity index (χ2v) is 5.83. The van der Waals surface area contributed by atoms with Crippen molar-refractivity contribution < 1.29 is 9.53 Å². The van der Waals surface area contributed by atoms with E-state index in [0.717, 1.165) is 23.4 Å². The summed E-state index contributed by atoms with van der Waals surface area (Å²) in [6.45, 7) is 3.07. The maximum atomic E-state index is 11.5. The number of likely N-dealkylation sites (N-methyl/N-ethyl adjacent to an activating group) is 1. The zero-order valence-electron chi connectivity index (χ0n) is 13.1. The molecule has 0 fully saturated rings. The van der Waals surface area contributed by atoms with Crippen molar-refractivity contribution in [3.8, 4) is 16.9 Å². The van der Waals surface area contributed by atoms with E-state index in [0.29, 0.717) is 17.2 Å². The molecule has 0 unspecified atom stereocenters. The largest absolute Gasteiger partial charge is 0.492 e. The van der Waals surface area contributed by atoms with Crippen molar-refractivity contribution >= 4 is 17.4 Å². The molecule has 0 atom stereocenters. The number of halogens is 1. The van der Waals surface area contributed by atoms with E-state index in [1.807, 2.05) is 44.4 Å². The van der Waals surface area contributed by atoms with Gasteiger partial charge in [0.05, 0.1) is 0 Å². The van der Waals surface area contributed by atoms with Crippen molar-refractivity contribution in [1.29, 1.82) is 0 Å². The van der Waals surface area contributed by atoms with E-state index in [1.165, 1.54) is 0 Å². The summed E-state index contributed by atoms with van der Waals surface area (Å²) in [5.74, 6) is 0.853. The Balaban J connectivity index is 2.16. The molecule has 22 heavy (non-hydrogen) atoms. The number of rotatable bonds is 6. The van der Waals surface area contributed by atoms with Gasteiger partial charge in [0.1, 0.15) is 12.4 Å². The SMILES string of the molecule is CC(=O)c1ccc(Cl)c(-c2ccc(OCCN(C)C)cc2)c1. The number of carbonyl (C=O) groups is 1. The average Bonchev–Trinajstić information content (AvgIpc) is 2.48. The number of benzene rings is 2. The number of ketones is 1. The Morgan fingerprint density at radius 3 is 2.41 bits per heavy atom. The van der Waals surface area contributed by atoms with Gasteiger partial charge in [-0.05, 0) is 56.9 Å². The molecule has 0 saturated carbocycles. The van der Waals surface area contributed by atoms with Gasteiger partial charge >= 0.3 is 0 Å². The molecule has 0 amide bonds. The maximum Gasteiger partial charge on any atom is 0.159 e. The van der Waals surface area contributed by atoms with E-state index < -0.39 is 0 Å². The molecule has 0 aliphatic heterocycles. The van der Waals surface area contributed by atoms with Crippen LogP contribution in [0.4, 0.5) is 0 Å². The van der Waals surface area contributed by atoms with Crippen LogP contribution in [0.25, 0.3) is 11.1 Å². The summed E-state index contributed by atoms with van der Waals surface area (Å²) in [5, 5.41) is 0.631. The first-order valence-corrected chi connectivity index (χ1v) is 7.53. The average molecular weight is 318 g/mol. The van der Waals surface area contributed by atoms with Crippen LogP contribution in [0.1, 0.15) is 17.3 Å². The van der Waals surface area contributed by atoms with Crippen LogP contribution in [0, 0.1) is 0 Å². The second kappa shape index (κ2) is 7.43. The minimum atomic E-state index is 0.0292. The van der Waals surface area contributed by atoms with Gasteiger partial charge in [-0.2, -0.15) is 0 Å². The zero-order valence-corrected chi connectivity index (χ0v) is 13.9. The fraction of sp³-hybridized carbons (Fsp3) is 0.278. The summed E-state index contributed by atoms with van der Waals surface area (Å²) in [4.78, 5) is 13.6. The van der Waals surface area contributed by atoms with Crippen molar-refractivity contribution in [3.63, 3.8) is 0 Å². The van der Waals surface area contributed by atoms with Gasteiger partial charge in [-0.3, -0.25) is 4.79 Å². The van der Waals surface area contributed by atoms with Crippen LogP contribution in [-0.2, 0) is 0 Å². The molecule has 0 bridgehead atoms. The molecule has 0 aliphatic rings. The number of nitrogens with zero attached hydrogens (tertiary/aromatic N) is 1. The Hall–Kier alpha value is -1.84. The van der Waals surface area contributed by atoms with Crippen LogP contribution in [-0.4, -0.2) is 37.9 Å². The monoisotopic (exact) mass is 317 g/mol. The van der Waals surface area contributed by atoms with Crippen LogP contribution in [0.15, 0.2) is 42.5 Å². The summed E-state index contributed by atoms with van der Waals surface area (Å²) in [7, 11) is 4.02. The Bertz CT molecular complexity index is 651. The molecule has 2 rings (SSSR count). The maximum absolute atomic E-state index is 11.5. The van der Waals surface area contributed by atoms with Crippen LogP contribution in [0.5, 0.6) is 5.75 Å². The lowest BCUT2D eigenvalue weighted by atomic mass is 10.0. The molecular weight excluding hydrogens is 298 g/mol. The van der Waals surface area contributed by atoms with E-state index in [1.54, 1.807) is 19.1 Å². The fourth-order valence-corrected chi connectivity index (χ4v) is 2.27. The number of carbonyl (C=O) groups excluding carboxylic acids is 1.